The topological polar surface area (TPSA) is 46.2 Å². The van der Waals surface area contributed by atoms with Crippen LogP contribution in [0.1, 0.15) is 27.2 Å². The van der Waals surface area contributed by atoms with Gasteiger partial charge >= 0.3 is 0 Å². The van der Waals surface area contributed by atoms with Gasteiger partial charge < -0.3 is 0 Å². The molecule has 0 radical (unpaired) electrons. The molecule has 0 aliphatic rings. The zero-order chi connectivity index (χ0) is 13.1. The van der Waals surface area contributed by atoms with Crippen molar-refractivity contribution < 1.29 is 8.42 Å². The summed E-state index contributed by atoms with van der Waals surface area (Å²) in [5.74, 6) is 0. The second-order valence-electron chi connectivity index (χ2n) is 5.16. The molecular formula is C12H18ClNO2S. The maximum atomic E-state index is 11.9. The third-order valence-electron chi connectivity index (χ3n) is 2.29. The van der Waals surface area contributed by atoms with Crippen molar-refractivity contribution in [2.45, 2.75) is 32.1 Å². The van der Waals surface area contributed by atoms with Gasteiger partial charge in [0.2, 0.25) is 10.0 Å². The summed E-state index contributed by atoms with van der Waals surface area (Å²) in [7, 11) is -3.41. The van der Waals surface area contributed by atoms with Crippen LogP contribution < -0.4 is 4.72 Å². The van der Waals surface area contributed by atoms with Crippen LogP contribution >= 0.6 is 11.6 Å². The van der Waals surface area contributed by atoms with E-state index in [4.69, 9.17) is 11.6 Å². The zero-order valence-corrected chi connectivity index (χ0v) is 11.9. The number of hydrogen-bond acceptors (Lipinski definition) is 2. The molecule has 0 unspecified atom stereocenters. The van der Waals surface area contributed by atoms with Crippen LogP contribution in [0.5, 0.6) is 0 Å². The van der Waals surface area contributed by atoms with Crippen molar-refractivity contribution in [1.82, 2.24) is 4.72 Å². The van der Waals surface area contributed by atoms with E-state index in [0.717, 1.165) is 6.42 Å². The van der Waals surface area contributed by atoms with Crippen molar-refractivity contribution >= 4 is 21.6 Å². The van der Waals surface area contributed by atoms with Crippen molar-refractivity contribution in [2.24, 2.45) is 5.41 Å². The van der Waals surface area contributed by atoms with Gasteiger partial charge in [0.25, 0.3) is 0 Å². The molecule has 5 heteroatoms. The zero-order valence-electron chi connectivity index (χ0n) is 10.3. The van der Waals surface area contributed by atoms with Crippen LogP contribution in [0.2, 0.25) is 5.02 Å². The lowest BCUT2D eigenvalue weighted by molar-refractivity contribution is 0.378. The lowest BCUT2D eigenvalue weighted by Gasteiger charge is -2.18. The minimum atomic E-state index is -3.41. The van der Waals surface area contributed by atoms with E-state index in [9.17, 15) is 8.42 Å². The maximum Gasteiger partial charge on any atom is 0.240 e. The fraction of sp³-hybridized carbons (Fsp3) is 0.500. The summed E-state index contributed by atoms with van der Waals surface area (Å²) in [6.07, 6.45) is 0.791. The van der Waals surface area contributed by atoms with Gasteiger partial charge in [-0.15, -0.1) is 0 Å². The highest BCUT2D eigenvalue weighted by molar-refractivity contribution is 7.89. The largest absolute Gasteiger partial charge is 0.240 e. The average Bonchev–Trinajstić information content (AvgIpc) is 2.15. The van der Waals surface area contributed by atoms with Crippen molar-refractivity contribution in [3.8, 4) is 0 Å². The van der Waals surface area contributed by atoms with Crippen LogP contribution in [0.25, 0.3) is 0 Å². The van der Waals surface area contributed by atoms with E-state index in [1.807, 2.05) is 0 Å². The van der Waals surface area contributed by atoms with Crippen molar-refractivity contribution in [1.29, 1.82) is 0 Å². The summed E-state index contributed by atoms with van der Waals surface area (Å²) in [5.41, 5.74) is 0.114. The molecule has 1 aromatic carbocycles. The molecule has 0 heterocycles. The summed E-state index contributed by atoms with van der Waals surface area (Å²) >= 11 is 5.71. The molecule has 1 N–H and O–H groups in total. The Balaban J connectivity index is 2.66. The quantitative estimate of drug-likeness (QED) is 0.918. The minimum Gasteiger partial charge on any atom is -0.211 e. The Morgan fingerprint density at radius 2 is 1.71 bits per heavy atom. The first-order valence-corrected chi connectivity index (χ1v) is 7.32. The van der Waals surface area contributed by atoms with Crippen LogP contribution in [-0.2, 0) is 10.0 Å². The molecular weight excluding hydrogens is 258 g/mol. The second kappa shape index (κ2) is 5.38. The minimum absolute atomic E-state index is 0.114. The van der Waals surface area contributed by atoms with Crippen molar-refractivity contribution in [2.75, 3.05) is 6.54 Å². The molecule has 0 saturated heterocycles. The first kappa shape index (κ1) is 14.5. The number of halogens is 1. The molecule has 0 spiro atoms. The molecule has 96 valence electrons. The smallest absolute Gasteiger partial charge is 0.211 e. The predicted molar refractivity (Wildman–Crippen MR) is 70.7 cm³/mol. The third-order valence-corrected chi connectivity index (χ3v) is 4.02. The molecule has 1 aromatic rings. The van der Waals surface area contributed by atoms with Crippen LogP contribution in [0, 0.1) is 5.41 Å². The Labute approximate surface area is 108 Å². The highest BCUT2D eigenvalue weighted by Gasteiger charge is 2.15. The number of nitrogens with one attached hydrogen (secondary N) is 1. The summed E-state index contributed by atoms with van der Waals surface area (Å²) in [5, 5.41) is 0.527. The monoisotopic (exact) mass is 275 g/mol. The van der Waals surface area contributed by atoms with E-state index < -0.39 is 10.0 Å². The Morgan fingerprint density at radius 1 is 1.18 bits per heavy atom. The van der Waals surface area contributed by atoms with Crippen molar-refractivity contribution in [3.63, 3.8) is 0 Å². The van der Waals surface area contributed by atoms with Gasteiger partial charge in [0.1, 0.15) is 0 Å². The molecule has 1 rings (SSSR count). The molecule has 0 saturated carbocycles. The Bertz CT molecular complexity index is 460. The summed E-state index contributed by atoms with van der Waals surface area (Å²) in [6.45, 7) is 6.66. The lowest BCUT2D eigenvalue weighted by atomic mass is 9.93. The number of benzene rings is 1. The van der Waals surface area contributed by atoms with Gasteiger partial charge in [0.15, 0.2) is 0 Å². The molecule has 3 nitrogen and oxygen atoms in total. The van der Waals surface area contributed by atoms with E-state index in [0.29, 0.717) is 11.6 Å². The van der Waals surface area contributed by atoms with Crippen LogP contribution in [0.3, 0.4) is 0 Å². The lowest BCUT2D eigenvalue weighted by Crippen LogP contribution is -2.27. The molecule has 0 bridgehead atoms. The highest BCUT2D eigenvalue weighted by atomic mass is 35.5. The summed E-state index contributed by atoms with van der Waals surface area (Å²) < 4.78 is 26.3. The fourth-order valence-corrected chi connectivity index (χ4v) is 2.42. The molecule has 17 heavy (non-hydrogen) atoms. The van der Waals surface area contributed by atoms with Gasteiger partial charge in [-0.1, -0.05) is 32.4 Å². The summed E-state index contributed by atoms with van der Waals surface area (Å²) in [4.78, 5) is 0.246. The predicted octanol–water partition coefficient (Wildman–Crippen LogP) is 3.05. The van der Waals surface area contributed by atoms with E-state index in [2.05, 4.69) is 25.5 Å². The normalized spacial score (nSPS) is 12.7. The third kappa shape index (κ3) is 5.06. The second-order valence-corrected chi connectivity index (χ2v) is 7.37. The van der Waals surface area contributed by atoms with Gasteiger partial charge in [0.05, 0.1) is 4.90 Å². The van der Waals surface area contributed by atoms with E-state index in [-0.39, 0.29) is 10.3 Å². The number of rotatable bonds is 4. The van der Waals surface area contributed by atoms with Gasteiger partial charge in [-0.05, 0) is 36.1 Å². The van der Waals surface area contributed by atoms with Gasteiger partial charge in [-0.2, -0.15) is 0 Å². The van der Waals surface area contributed by atoms with E-state index in [1.54, 1.807) is 12.1 Å². The Kier molecular flexibility index (Phi) is 4.58. The standard InChI is InChI=1S/C12H18ClNO2S/c1-12(2,3)8-9-14-17(15,16)11-6-4-10(13)5-7-11/h4-7,14H,8-9H2,1-3H3. The number of hydrogen-bond donors (Lipinski definition) is 1. The Morgan fingerprint density at radius 3 is 2.18 bits per heavy atom. The first-order chi connectivity index (χ1) is 7.71. The summed E-state index contributed by atoms with van der Waals surface area (Å²) in [6, 6.07) is 6.14. The van der Waals surface area contributed by atoms with E-state index in [1.165, 1.54) is 12.1 Å². The molecule has 0 aliphatic heterocycles. The highest BCUT2D eigenvalue weighted by Crippen LogP contribution is 2.18. The van der Waals surface area contributed by atoms with Gasteiger partial charge in [-0.3, -0.25) is 0 Å². The maximum absolute atomic E-state index is 11.9. The van der Waals surface area contributed by atoms with Crippen LogP contribution in [0.4, 0.5) is 0 Å². The van der Waals surface area contributed by atoms with E-state index >= 15 is 0 Å². The van der Waals surface area contributed by atoms with Gasteiger partial charge in [0, 0.05) is 11.6 Å². The first-order valence-electron chi connectivity index (χ1n) is 5.46. The fourth-order valence-electron chi connectivity index (χ4n) is 1.26. The van der Waals surface area contributed by atoms with Crippen LogP contribution in [0.15, 0.2) is 29.2 Å². The molecule has 0 aromatic heterocycles. The SMILES string of the molecule is CC(C)(C)CCNS(=O)(=O)c1ccc(Cl)cc1. The molecule has 0 aliphatic carbocycles. The molecule has 0 fully saturated rings. The Hall–Kier alpha value is -0.580. The molecule has 0 atom stereocenters. The van der Waals surface area contributed by atoms with Gasteiger partial charge in [-0.25, -0.2) is 13.1 Å². The average molecular weight is 276 g/mol. The van der Waals surface area contributed by atoms with Crippen LogP contribution in [-0.4, -0.2) is 15.0 Å². The molecule has 0 amide bonds. The van der Waals surface area contributed by atoms with Crippen molar-refractivity contribution in [3.05, 3.63) is 29.3 Å². The number of sulfonamides is 1.